The fourth-order valence-electron chi connectivity index (χ4n) is 2.54. The third kappa shape index (κ3) is 5.21. The Morgan fingerprint density at radius 2 is 1.81 bits per heavy atom. The number of hydrogen-bond donors (Lipinski definition) is 1. The maximum absolute atomic E-state index is 11.7. The molecule has 1 aliphatic rings. The molecular formula is C16H24ClN3O. The molecular weight excluding hydrogens is 286 g/mol. The number of nitrogens with one attached hydrogen (secondary N) is 1. The van der Waals surface area contributed by atoms with Crippen LogP contribution in [-0.2, 0) is 4.79 Å². The van der Waals surface area contributed by atoms with Crippen molar-refractivity contribution >= 4 is 23.2 Å². The van der Waals surface area contributed by atoms with Gasteiger partial charge in [0.05, 0.1) is 0 Å². The van der Waals surface area contributed by atoms with Gasteiger partial charge >= 0.3 is 0 Å². The van der Waals surface area contributed by atoms with Crippen molar-refractivity contribution in [3.8, 4) is 0 Å². The zero-order valence-electron chi connectivity index (χ0n) is 12.8. The number of carbonyl (C=O) groups excluding carboxylic acids is 1. The van der Waals surface area contributed by atoms with Crippen LogP contribution in [0, 0.1) is 0 Å². The van der Waals surface area contributed by atoms with Crippen LogP contribution in [0.1, 0.15) is 20.3 Å². The van der Waals surface area contributed by atoms with Crippen LogP contribution in [0.5, 0.6) is 0 Å². The molecule has 2 rings (SSSR count). The standard InChI is InChI=1S/C16H24ClN3O/c1-13(2)18-16(21)7-8-19-9-11-20(12-10-19)15-5-3-14(17)4-6-15/h3-6,13H,7-12H2,1-2H3,(H,18,21). The lowest BCUT2D eigenvalue weighted by Gasteiger charge is -2.36. The second-order valence-corrected chi connectivity index (χ2v) is 6.21. The van der Waals surface area contributed by atoms with E-state index in [1.54, 1.807) is 0 Å². The van der Waals surface area contributed by atoms with E-state index in [1.807, 2.05) is 26.0 Å². The molecule has 116 valence electrons. The molecule has 1 saturated heterocycles. The summed E-state index contributed by atoms with van der Waals surface area (Å²) in [6, 6.07) is 8.21. The summed E-state index contributed by atoms with van der Waals surface area (Å²) in [5.74, 6) is 0.144. The van der Waals surface area contributed by atoms with Crippen LogP contribution >= 0.6 is 11.6 Å². The van der Waals surface area contributed by atoms with E-state index in [0.717, 1.165) is 37.7 Å². The molecule has 0 spiro atoms. The molecule has 1 N–H and O–H groups in total. The Hall–Kier alpha value is -1.26. The Balaban J connectivity index is 1.73. The number of rotatable bonds is 5. The van der Waals surface area contributed by atoms with Crippen molar-refractivity contribution in [2.24, 2.45) is 0 Å². The first-order valence-corrected chi connectivity index (χ1v) is 7.94. The lowest BCUT2D eigenvalue weighted by Crippen LogP contribution is -2.47. The molecule has 21 heavy (non-hydrogen) atoms. The third-order valence-electron chi connectivity index (χ3n) is 3.67. The minimum atomic E-state index is 0.144. The van der Waals surface area contributed by atoms with Crippen molar-refractivity contribution < 1.29 is 4.79 Å². The topological polar surface area (TPSA) is 35.6 Å². The Kier molecular flexibility index (Phi) is 5.88. The van der Waals surface area contributed by atoms with Gasteiger partial charge in [0.1, 0.15) is 0 Å². The summed E-state index contributed by atoms with van der Waals surface area (Å²) in [7, 11) is 0. The summed E-state index contributed by atoms with van der Waals surface area (Å²) in [6.07, 6.45) is 0.582. The van der Waals surface area contributed by atoms with Gasteiger partial charge in [0.25, 0.3) is 0 Å². The summed E-state index contributed by atoms with van der Waals surface area (Å²) in [5.41, 5.74) is 1.22. The molecule has 5 heteroatoms. The molecule has 4 nitrogen and oxygen atoms in total. The fraction of sp³-hybridized carbons (Fsp3) is 0.562. The number of piperazine rings is 1. The van der Waals surface area contributed by atoms with Gasteiger partial charge in [-0.05, 0) is 38.1 Å². The van der Waals surface area contributed by atoms with Crippen molar-refractivity contribution in [3.05, 3.63) is 29.3 Å². The van der Waals surface area contributed by atoms with Crippen LogP contribution in [0.2, 0.25) is 5.02 Å². The Morgan fingerprint density at radius 1 is 1.19 bits per heavy atom. The lowest BCUT2D eigenvalue weighted by molar-refractivity contribution is -0.121. The monoisotopic (exact) mass is 309 g/mol. The van der Waals surface area contributed by atoms with E-state index in [1.165, 1.54) is 5.69 Å². The van der Waals surface area contributed by atoms with Gasteiger partial charge in [0.2, 0.25) is 5.91 Å². The van der Waals surface area contributed by atoms with E-state index in [2.05, 4.69) is 27.2 Å². The van der Waals surface area contributed by atoms with Crippen LogP contribution in [0.3, 0.4) is 0 Å². The van der Waals surface area contributed by atoms with Gasteiger partial charge in [0, 0.05) is 55.9 Å². The Morgan fingerprint density at radius 3 is 2.38 bits per heavy atom. The average Bonchev–Trinajstić information content (AvgIpc) is 2.46. The van der Waals surface area contributed by atoms with Crippen LogP contribution < -0.4 is 10.2 Å². The maximum Gasteiger partial charge on any atom is 0.221 e. The first-order valence-electron chi connectivity index (χ1n) is 7.57. The van der Waals surface area contributed by atoms with Crippen molar-refractivity contribution in [3.63, 3.8) is 0 Å². The summed E-state index contributed by atoms with van der Waals surface area (Å²) in [4.78, 5) is 16.4. The predicted molar refractivity (Wildman–Crippen MR) is 88.0 cm³/mol. The van der Waals surface area contributed by atoms with E-state index >= 15 is 0 Å². The smallest absolute Gasteiger partial charge is 0.221 e. The van der Waals surface area contributed by atoms with Gasteiger partial charge in [-0.1, -0.05) is 11.6 Å². The molecule has 1 fully saturated rings. The highest BCUT2D eigenvalue weighted by Gasteiger charge is 2.17. The Bertz CT molecular complexity index is 453. The van der Waals surface area contributed by atoms with E-state index < -0.39 is 0 Å². The molecule has 0 unspecified atom stereocenters. The number of benzene rings is 1. The molecule has 0 saturated carbocycles. The predicted octanol–water partition coefficient (Wildman–Crippen LogP) is 2.38. The van der Waals surface area contributed by atoms with E-state index in [9.17, 15) is 4.79 Å². The zero-order chi connectivity index (χ0) is 15.2. The zero-order valence-corrected chi connectivity index (χ0v) is 13.6. The minimum absolute atomic E-state index is 0.144. The molecule has 1 aromatic carbocycles. The Labute approximate surface area is 132 Å². The highest BCUT2D eigenvalue weighted by Crippen LogP contribution is 2.19. The van der Waals surface area contributed by atoms with Crippen molar-refractivity contribution in [2.45, 2.75) is 26.3 Å². The first-order chi connectivity index (χ1) is 10.0. The molecule has 1 aliphatic heterocycles. The number of carbonyl (C=O) groups is 1. The first kappa shape index (κ1) is 16.1. The molecule has 0 aromatic heterocycles. The molecule has 1 amide bonds. The molecule has 0 aliphatic carbocycles. The second kappa shape index (κ2) is 7.66. The van der Waals surface area contributed by atoms with Crippen LogP contribution in [0.15, 0.2) is 24.3 Å². The van der Waals surface area contributed by atoms with Crippen LogP contribution in [0.4, 0.5) is 5.69 Å². The van der Waals surface area contributed by atoms with Gasteiger partial charge in [-0.15, -0.1) is 0 Å². The quantitative estimate of drug-likeness (QED) is 0.907. The summed E-state index contributed by atoms with van der Waals surface area (Å²) in [6.45, 7) is 8.80. The normalized spacial score (nSPS) is 16.3. The second-order valence-electron chi connectivity index (χ2n) is 5.78. The van der Waals surface area contributed by atoms with Gasteiger partial charge in [-0.3, -0.25) is 9.69 Å². The molecule has 0 bridgehead atoms. The molecule has 0 atom stereocenters. The minimum Gasteiger partial charge on any atom is -0.369 e. The van der Waals surface area contributed by atoms with Gasteiger partial charge < -0.3 is 10.2 Å². The highest BCUT2D eigenvalue weighted by molar-refractivity contribution is 6.30. The molecule has 1 aromatic rings. The van der Waals surface area contributed by atoms with Crippen LogP contribution in [-0.4, -0.2) is 49.6 Å². The highest BCUT2D eigenvalue weighted by atomic mass is 35.5. The number of amides is 1. The number of hydrogen-bond acceptors (Lipinski definition) is 3. The fourth-order valence-corrected chi connectivity index (χ4v) is 2.66. The lowest BCUT2D eigenvalue weighted by atomic mass is 10.2. The largest absolute Gasteiger partial charge is 0.369 e. The van der Waals surface area contributed by atoms with E-state index in [4.69, 9.17) is 11.6 Å². The van der Waals surface area contributed by atoms with E-state index in [-0.39, 0.29) is 11.9 Å². The van der Waals surface area contributed by atoms with Crippen molar-refractivity contribution in [2.75, 3.05) is 37.6 Å². The summed E-state index contributed by atoms with van der Waals surface area (Å²) < 4.78 is 0. The number of anilines is 1. The van der Waals surface area contributed by atoms with Gasteiger partial charge in [0.15, 0.2) is 0 Å². The summed E-state index contributed by atoms with van der Waals surface area (Å²) in [5, 5.41) is 3.71. The third-order valence-corrected chi connectivity index (χ3v) is 3.92. The summed E-state index contributed by atoms with van der Waals surface area (Å²) >= 11 is 5.92. The number of nitrogens with zero attached hydrogens (tertiary/aromatic N) is 2. The van der Waals surface area contributed by atoms with Gasteiger partial charge in [-0.25, -0.2) is 0 Å². The molecule has 0 radical (unpaired) electrons. The van der Waals surface area contributed by atoms with Gasteiger partial charge in [-0.2, -0.15) is 0 Å². The van der Waals surface area contributed by atoms with Crippen LogP contribution in [0.25, 0.3) is 0 Å². The average molecular weight is 310 g/mol. The van der Waals surface area contributed by atoms with Crippen molar-refractivity contribution in [1.29, 1.82) is 0 Å². The SMILES string of the molecule is CC(C)NC(=O)CCN1CCN(c2ccc(Cl)cc2)CC1. The maximum atomic E-state index is 11.7. The van der Waals surface area contributed by atoms with E-state index in [0.29, 0.717) is 6.42 Å². The number of halogens is 1. The van der Waals surface area contributed by atoms with Crippen molar-refractivity contribution in [1.82, 2.24) is 10.2 Å². The molecule has 1 heterocycles.